The van der Waals surface area contributed by atoms with E-state index in [0.717, 1.165) is 78.9 Å². The van der Waals surface area contributed by atoms with E-state index < -0.39 is 11.6 Å². The van der Waals surface area contributed by atoms with Gasteiger partial charge in [-0.2, -0.15) is 0 Å². The molecule has 0 aliphatic carbocycles. The summed E-state index contributed by atoms with van der Waals surface area (Å²) in [4.78, 5) is 27.3. The first-order valence-corrected chi connectivity index (χ1v) is 15.5. The van der Waals surface area contributed by atoms with E-state index in [4.69, 9.17) is 9.47 Å². The van der Waals surface area contributed by atoms with Gasteiger partial charge in [-0.3, -0.25) is 4.79 Å². The van der Waals surface area contributed by atoms with Crippen LogP contribution in [-0.4, -0.2) is 42.2 Å². The number of aryl methyl sites for hydroxylation is 1. The van der Waals surface area contributed by atoms with Crippen molar-refractivity contribution >= 4 is 17.4 Å². The van der Waals surface area contributed by atoms with Crippen molar-refractivity contribution in [1.29, 1.82) is 0 Å². The van der Waals surface area contributed by atoms with Gasteiger partial charge < -0.3 is 19.5 Å². The maximum absolute atomic E-state index is 13.3. The van der Waals surface area contributed by atoms with Crippen LogP contribution < -0.4 is 14.4 Å². The second-order valence-electron chi connectivity index (χ2n) is 11.8. The van der Waals surface area contributed by atoms with Gasteiger partial charge in [0.15, 0.2) is 11.4 Å². The Bertz CT molecular complexity index is 1590. The van der Waals surface area contributed by atoms with E-state index in [9.17, 15) is 14.7 Å². The summed E-state index contributed by atoms with van der Waals surface area (Å²) in [5.74, 6) is 0.486. The summed E-state index contributed by atoms with van der Waals surface area (Å²) in [5.41, 5.74) is 5.46. The molecule has 6 nitrogen and oxygen atoms in total. The van der Waals surface area contributed by atoms with Gasteiger partial charge in [-0.05, 0) is 86.6 Å². The minimum atomic E-state index is -1.30. The summed E-state index contributed by atoms with van der Waals surface area (Å²) in [5, 5.41) is 9.52. The molecule has 0 atom stereocenters. The number of hydrogen-bond acceptors (Lipinski definition) is 5. The number of aliphatic carboxylic acids is 1. The van der Waals surface area contributed by atoms with Crippen LogP contribution in [0.4, 0.5) is 5.69 Å². The Morgan fingerprint density at radius 3 is 2.32 bits per heavy atom. The van der Waals surface area contributed by atoms with E-state index in [1.807, 2.05) is 72.8 Å². The van der Waals surface area contributed by atoms with Gasteiger partial charge in [0, 0.05) is 35.5 Å². The highest BCUT2D eigenvalue weighted by Gasteiger charge is 2.31. The zero-order valence-electron chi connectivity index (χ0n) is 25.8. The predicted molar refractivity (Wildman–Crippen MR) is 175 cm³/mol. The topological polar surface area (TPSA) is 76.1 Å². The number of rotatable bonds is 13. The molecule has 4 aromatic carbocycles. The molecule has 0 spiro atoms. The summed E-state index contributed by atoms with van der Waals surface area (Å²) in [6.45, 7) is 7.58. The Morgan fingerprint density at radius 2 is 1.59 bits per heavy atom. The average molecular weight is 592 g/mol. The number of carbonyl (C=O) groups is 2. The first-order valence-electron chi connectivity index (χ1n) is 15.5. The van der Waals surface area contributed by atoms with Crippen LogP contribution in [0.15, 0.2) is 91.0 Å². The third-order valence-corrected chi connectivity index (χ3v) is 8.11. The van der Waals surface area contributed by atoms with Crippen LogP contribution in [0.3, 0.4) is 0 Å². The summed E-state index contributed by atoms with van der Waals surface area (Å²) in [7, 11) is 0. The molecule has 1 heterocycles. The quantitative estimate of drug-likeness (QED) is 0.125. The number of anilines is 1. The number of carboxylic acids is 1. The molecule has 1 aliphatic rings. The van der Waals surface area contributed by atoms with Crippen molar-refractivity contribution in [2.24, 2.45) is 0 Å². The Kier molecular flexibility index (Phi) is 9.69. The van der Waals surface area contributed by atoms with Gasteiger partial charge in [0.25, 0.3) is 0 Å². The van der Waals surface area contributed by atoms with Crippen LogP contribution >= 0.6 is 0 Å². The average Bonchev–Trinajstić information content (AvgIpc) is 3.04. The number of benzene rings is 4. The maximum Gasteiger partial charge on any atom is 0.347 e. The lowest BCUT2D eigenvalue weighted by Crippen LogP contribution is -2.38. The van der Waals surface area contributed by atoms with E-state index in [2.05, 4.69) is 30.0 Å². The van der Waals surface area contributed by atoms with Crippen molar-refractivity contribution < 1.29 is 24.2 Å². The van der Waals surface area contributed by atoms with Crippen LogP contribution in [0.1, 0.15) is 67.1 Å². The minimum Gasteiger partial charge on any atom is -0.493 e. The number of ketones is 1. The molecule has 6 heteroatoms. The van der Waals surface area contributed by atoms with Gasteiger partial charge in [0.05, 0.1) is 6.61 Å². The number of ether oxygens (including phenoxy) is 2. The SMILES string of the molecule is CCCc1cc(C(=O)c2ccc(-c3ccccc3)cc2)ccc1OCCCN1CCCc2c(OC(C)(C)C(=O)O)cccc21. The summed E-state index contributed by atoms with van der Waals surface area (Å²) in [6, 6.07) is 29.6. The Hall–Kier alpha value is -4.58. The number of carboxylic acid groups (broad SMARTS) is 1. The molecule has 0 aromatic heterocycles. The Labute approximate surface area is 260 Å². The van der Waals surface area contributed by atoms with Crippen LogP contribution in [0, 0.1) is 0 Å². The molecule has 0 fully saturated rings. The van der Waals surface area contributed by atoms with Gasteiger partial charge in [0.1, 0.15) is 11.5 Å². The molecule has 5 rings (SSSR count). The lowest BCUT2D eigenvalue weighted by molar-refractivity contribution is -0.152. The highest BCUT2D eigenvalue weighted by Crippen LogP contribution is 2.36. The molecule has 228 valence electrons. The van der Waals surface area contributed by atoms with Gasteiger partial charge in [0.2, 0.25) is 0 Å². The molecule has 0 amide bonds. The second-order valence-corrected chi connectivity index (χ2v) is 11.8. The van der Waals surface area contributed by atoms with Crippen LogP contribution in [0.2, 0.25) is 0 Å². The van der Waals surface area contributed by atoms with E-state index in [1.165, 1.54) is 0 Å². The fourth-order valence-electron chi connectivity index (χ4n) is 5.69. The third-order valence-electron chi connectivity index (χ3n) is 8.11. The smallest absolute Gasteiger partial charge is 0.347 e. The first kappa shape index (κ1) is 30.9. The fourth-order valence-corrected chi connectivity index (χ4v) is 5.69. The normalized spacial score (nSPS) is 12.8. The molecule has 0 saturated carbocycles. The molecule has 44 heavy (non-hydrogen) atoms. The van der Waals surface area contributed by atoms with Crippen molar-refractivity contribution in [3.05, 3.63) is 113 Å². The predicted octanol–water partition coefficient (Wildman–Crippen LogP) is 8.00. The van der Waals surface area contributed by atoms with E-state index >= 15 is 0 Å². The second kappa shape index (κ2) is 13.8. The van der Waals surface area contributed by atoms with E-state index in [0.29, 0.717) is 23.5 Å². The fraction of sp³-hybridized carbons (Fsp3) is 0.316. The maximum atomic E-state index is 13.3. The Morgan fingerprint density at radius 1 is 0.864 bits per heavy atom. The van der Waals surface area contributed by atoms with Gasteiger partial charge in [-0.15, -0.1) is 0 Å². The number of hydrogen-bond donors (Lipinski definition) is 1. The van der Waals surface area contributed by atoms with Gasteiger partial charge in [-0.25, -0.2) is 4.79 Å². The number of fused-ring (bicyclic) bond motifs is 1. The van der Waals surface area contributed by atoms with Crippen molar-refractivity contribution in [1.82, 2.24) is 0 Å². The molecule has 0 unspecified atom stereocenters. The lowest BCUT2D eigenvalue weighted by Gasteiger charge is -2.33. The minimum absolute atomic E-state index is 0.00682. The Balaban J connectivity index is 1.21. The summed E-state index contributed by atoms with van der Waals surface area (Å²) >= 11 is 0. The highest BCUT2D eigenvalue weighted by atomic mass is 16.5. The zero-order chi connectivity index (χ0) is 31.1. The zero-order valence-corrected chi connectivity index (χ0v) is 25.8. The van der Waals surface area contributed by atoms with Crippen LogP contribution in [-0.2, 0) is 17.6 Å². The number of nitrogens with zero attached hydrogens (tertiary/aromatic N) is 1. The third kappa shape index (κ3) is 7.13. The molecule has 0 bridgehead atoms. The lowest BCUT2D eigenvalue weighted by atomic mass is 9.97. The molecule has 4 aromatic rings. The van der Waals surface area contributed by atoms with Crippen LogP contribution in [0.25, 0.3) is 11.1 Å². The van der Waals surface area contributed by atoms with E-state index in [1.54, 1.807) is 13.8 Å². The molecular formula is C38H41NO5. The van der Waals surface area contributed by atoms with Crippen molar-refractivity contribution in [2.45, 2.75) is 58.5 Å². The molecule has 0 saturated heterocycles. The highest BCUT2D eigenvalue weighted by molar-refractivity contribution is 6.09. The van der Waals surface area contributed by atoms with E-state index in [-0.39, 0.29) is 5.78 Å². The molecule has 1 N–H and O–H groups in total. The summed E-state index contributed by atoms with van der Waals surface area (Å²) < 4.78 is 12.2. The standard InChI is InChI=1S/C38H41NO5/c1-4-11-30-26-31(36(40)29-19-17-28(18-20-29)27-12-6-5-7-13-27)21-22-34(30)43-25-10-24-39-23-9-14-32-33(39)15-8-16-35(32)44-38(2,3)37(41)42/h5-8,12-13,15-22,26H,4,9-11,14,23-25H2,1-3H3,(H,41,42). The largest absolute Gasteiger partial charge is 0.493 e. The molecule has 0 radical (unpaired) electrons. The first-order chi connectivity index (χ1) is 21.3. The van der Waals surface area contributed by atoms with Crippen molar-refractivity contribution in [2.75, 3.05) is 24.6 Å². The van der Waals surface area contributed by atoms with Gasteiger partial charge in [-0.1, -0.05) is 74.0 Å². The summed E-state index contributed by atoms with van der Waals surface area (Å²) in [6.07, 6.45) is 4.45. The van der Waals surface area contributed by atoms with Crippen molar-refractivity contribution in [3.8, 4) is 22.6 Å². The number of carbonyl (C=O) groups excluding carboxylic acids is 1. The molecule has 1 aliphatic heterocycles. The molecular weight excluding hydrogens is 550 g/mol. The van der Waals surface area contributed by atoms with Crippen LogP contribution in [0.5, 0.6) is 11.5 Å². The van der Waals surface area contributed by atoms with Crippen molar-refractivity contribution in [3.63, 3.8) is 0 Å². The van der Waals surface area contributed by atoms with Gasteiger partial charge >= 0.3 is 5.97 Å². The monoisotopic (exact) mass is 591 g/mol.